The van der Waals surface area contributed by atoms with Crippen LogP contribution in [0, 0.1) is 0 Å². The lowest BCUT2D eigenvalue weighted by atomic mass is 10.1. The molecule has 3 aliphatic rings. The van der Waals surface area contributed by atoms with Crippen molar-refractivity contribution >= 4 is 27.4 Å². The standard InChI is InChI=1S/C15H23N3O4S/c1-17(11-4-2-3-5-11)15(20)13-6-7-14(19)18(16-13)12-8-9-23(21,22)10-12/h11-12H,2-10H2,1H3/t12-/m1/s1. The van der Waals surface area contributed by atoms with E-state index in [-0.39, 0.29) is 35.8 Å². The summed E-state index contributed by atoms with van der Waals surface area (Å²) >= 11 is 0. The molecule has 0 aromatic rings. The fraction of sp³-hybridized carbons (Fsp3) is 0.800. The van der Waals surface area contributed by atoms with E-state index in [1.807, 2.05) is 0 Å². The van der Waals surface area contributed by atoms with Crippen molar-refractivity contribution in [2.75, 3.05) is 18.6 Å². The molecule has 2 aliphatic heterocycles. The van der Waals surface area contributed by atoms with Crippen LogP contribution in [0.15, 0.2) is 5.10 Å². The molecule has 0 spiro atoms. The summed E-state index contributed by atoms with van der Waals surface area (Å²) < 4.78 is 23.3. The summed E-state index contributed by atoms with van der Waals surface area (Å²) in [5.74, 6) is -0.285. The zero-order valence-corrected chi connectivity index (χ0v) is 14.2. The van der Waals surface area contributed by atoms with Gasteiger partial charge in [-0.15, -0.1) is 0 Å². The minimum atomic E-state index is -3.09. The molecule has 8 heteroatoms. The quantitative estimate of drug-likeness (QED) is 0.750. The molecule has 0 unspecified atom stereocenters. The van der Waals surface area contributed by atoms with Gasteiger partial charge in [-0.1, -0.05) is 12.8 Å². The first-order valence-electron chi connectivity index (χ1n) is 8.24. The number of carbonyl (C=O) groups is 2. The van der Waals surface area contributed by atoms with Crippen molar-refractivity contribution in [2.45, 2.75) is 57.0 Å². The fourth-order valence-electron chi connectivity index (χ4n) is 3.64. The van der Waals surface area contributed by atoms with Crippen molar-refractivity contribution in [3.8, 4) is 0 Å². The Bertz CT molecular complexity index is 637. The zero-order chi connectivity index (χ0) is 16.6. The molecule has 1 saturated carbocycles. The van der Waals surface area contributed by atoms with Gasteiger partial charge in [0.1, 0.15) is 5.71 Å². The molecule has 1 aliphatic carbocycles. The van der Waals surface area contributed by atoms with E-state index in [0.29, 0.717) is 18.6 Å². The van der Waals surface area contributed by atoms with Crippen LogP contribution in [0.5, 0.6) is 0 Å². The maximum atomic E-state index is 12.6. The molecule has 1 atom stereocenters. The predicted molar refractivity (Wildman–Crippen MR) is 85.6 cm³/mol. The molecular weight excluding hydrogens is 318 g/mol. The zero-order valence-electron chi connectivity index (χ0n) is 13.4. The highest BCUT2D eigenvalue weighted by molar-refractivity contribution is 7.91. The first-order valence-corrected chi connectivity index (χ1v) is 10.1. The lowest BCUT2D eigenvalue weighted by Crippen LogP contribution is -2.46. The van der Waals surface area contributed by atoms with Gasteiger partial charge in [0.15, 0.2) is 9.84 Å². The second kappa shape index (κ2) is 6.22. The van der Waals surface area contributed by atoms with E-state index in [0.717, 1.165) is 25.7 Å². The van der Waals surface area contributed by atoms with E-state index in [1.165, 1.54) is 5.01 Å². The van der Waals surface area contributed by atoms with Gasteiger partial charge in [0.25, 0.3) is 5.91 Å². The average Bonchev–Trinajstić information content (AvgIpc) is 3.15. The first-order chi connectivity index (χ1) is 10.9. The summed E-state index contributed by atoms with van der Waals surface area (Å²) in [7, 11) is -1.30. The third-order valence-electron chi connectivity index (χ3n) is 5.05. The molecular formula is C15H23N3O4S. The van der Waals surface area contributed by atoms with Gasteiger partial charge in [-0.05, 0) is 19.3 Å². The smallest absolute Gasteiger partial charge is 0.270 e. The van der Waals surface area contributed by atoms with Crippen molar-refractivity contribution in [3.63, 3.8) is 0 Å². The molecule has 7 nitrogen and oxygen atoms in total. The maximum Gasteiger partial charge on any atom is 0.270 e. The summed E-state index contributed by atoms with van der Waals surface area (Å²) in [6.07, 6.45) is 5.26. The Labute approximate surface area is 136 Å². The second-order valence-corrected chi connectivity index (χ2v) is 8.92. The van der Waals surface area contributed by atoms with Crippen molar-refractivity contribution < 1.29 is 18.0 Å². The Hall–Kier alpha value is -1.44. The highest BCUT2D eigenvalue weighted by atomic mass is 32.2. The van der Waals surface area contributed by atoms with E-state index < -0.39 is 15.9 Å². The first kappa shape index (κ1) is 16.4. The van der Waals surface area contributed by atoms with E-state index in [1.54, 1.807) is 11.9 Å². The fourth-order valence-corrected chi connectivity index (χ4v) is 5.33. The largest absolute Gasteiger partial charge is 0.338 e. The van der Waals surface area contributed by atoms with E-state index >= 15 is 0 Å². The van der Waals surface area contributed by atoms with E-state index in [4.69, 9.17) is 0 Å². The summed E-state index contributed by atoms with van der Waals surface area (Å²) in [5, 5.41) is 5.50. The van der Waals surface area contributed by atoms with Crippen LogP contribution in [0.4, 0.5) is 0 Å². The Morgan fingerprint density at radius 3 is 2.52 bits per heavy atom. The molecule has 2 heterocycles. The van der Waals surface area contributed by atoms with Gasteiger partial charge in [-0.3, -0.25) is 9.59 Å². The lowest BCUT2D eigenvalue weighted by Gasteiger charge is -2.30. The van der Waals surface area contributed by atoms with Crippen LogP contribution >= 0.6 is 0 Å². The molecule has 0 aromatic heterocycles. The molecule has 0 bridgehead atoms. The number of hydrazone groups is 1. The number of hydrogen-bond acceptors (Lipinski definition) is 5. The Kier molecular flexibility index (Phi) is 4.44. The van der Waals surface area contributed by atoms with Crippen LogP contribution in [0.3, 0.4) is 0 Å². The number of nitrogens with zero attached hydrogens (tertiary/aromatic N) is 3. The molecule has 23 heavy (non-hydrogen) atoms. The molecule has 0 N–H and O–H groups in total. The second-order valence-electron chi connectivity index (χ2n) is 6.70. The van der Waals surface area contributed by atoms with Crippen LogP contribution in [0.1, 0.15) is 44.9 Å². The molecule has 0 aromatic carbocycles. The number of sulfone groups is 1. The molecule has 2 fully saturated rings. The highest BCUT2D eigenvalue weighted by Crippen LogP contribution is 2.25. The van der Waals surface area contributed by atoms with Gasteiger partial charge in [-0.25, -0.2) is 13.4 Å². The van der Waals surface area contributed by atoms with Crippen LogP contribution in [0.25, 0.3) is 0 Å². The summed E-state index contributed by atoms with van der Waals surface area (Å²) in [6.45, 7) is 0. The minimum Gasteiger partial charge on any atom is -0.338 e. The Balaban J connectivity index is 1.75. The van der Waals surface area contributed by atoms with Crippen LogP contribution < -0.4 is 0 Å². The van der Waals surface area contributed by atoms with Gasteiger partial charge in [0.05, 0.1) is 17.5 Å². The minimum absolute atomic E-state index is 0.0534. The molecule has 2 amide bonds. The normalized spacial score (nSPS) is 28.0. The maximum absolute atomic E-state index is 12.6. The topological polar surface area (TPSA) is 87.1 Å². The van der Waals surface area contributed by atoms with E-state index in [9.17, 15) is 18.0 Å². The van der Waals surface area contributed by atoms with Crippen molar-refractivity contribution in [3.05, 3.63) is 0 Å². The monoisotopic (exact) mass is 341 g/mol. The number of rotatable bonds is 3. The number of carbonyl (C=O) groups excluding carboxylic acids is 2. The van der Waals surface area contributed by atoms with Crippen LogP contribution in [0.2, 0.25) is 0 Å². The van der Waals surface area contributed by atoms with Gasteiger partial charge in [-0.2, -0.15) is 5.10 Å². The predicted octanol–water partition coefficient (Wildman–Crippen LogP) is 0.553. The van der Waals surface area contributed by atoms with E-state index in [2.05, 4.69) is 5.10 Å². The van der Waals surface area contributed by atoms with Crippen molar-refractivity contribution in [2.24, 2.45) is 5.10 Å². The molecule has 1 saturated heterocycles. The summed E-state index contributed by atoms with van der Waals surface area (Å²) in [5.41, 5.74) is 0.378. The number of hydrogen-bond donors (Lipinski definition) is 0. The average molecular weight is 341 g/mol. The number of amides is 2. The summed E-state index contributed by atoms with van der Waals surface area (Å²) in [4.78, 5) is 26.4. The molecule has 128 valence electrons. The van der Waals surface area contributed by atoms with Gasteiger partial charge in [0.2, 0.25) is 5.91 Å². The highest BCUT2D eigenvalue weighted by Gasteiger charge is 2.38. The van der Waals surface area contributed by atoms with Crippen LogP contribution in [-0.4, -0.2) is 66.5 Å². The molecule has 3 rings (SSSR count). The Morgan fingerprint density at radius 1 is 1.22 bits per heavy atom. The van der Waals surface area contributed by atoms with Crippen LogP contribution in [-0.2, 0) is 19.4 Å². The third-order valence-corrected chi connectivity index (χ3v) is 6.80. The lowest BCUT2D eigenvalue weighted by molar-refractivity contribution is -0.134. The SMILES string of the molecule is CN(C(=O)C1=NN([C@@H]2CCS(=O)(=O)C2)C(=O)CC1)C1CCCC1. The van der Waals surface area contributed by atoms with Gasteiger partial charge in [0, 0.05) is 25.9 Å². The van der Waals surface area contributed by atoms with Gasteiger partial charge < -0.3 is 4.90 Å². The van der Waals surface area contributed by atoms with Crippen molar-refractivity contribution in [1.29, 1.82) is 0 Å². The third kappa shape index (κ3) is 3.41. The Morgan fingerprint density at radius 2 is 1.91 bits per heavy atom. The molecule has 0 radical (unpaired) electrons. The van der Waals surface area contributed by atoms with Gasteiger partial charge >= 0.3 is 0 Å². The summed E-state index contributed by atoms with van der Waals surface area (Å²) in [6, 6.07) is -0.171. The van der Waals surface area contributed by atoms with Crippen molar-refractivity contribution in [1.82, 2.24) is 9.91 Å².